The van der Waals surface area contributed by atoms with Crippen LogP contribution in [-0.4, -0.2) is 38.6 Å². The molecule has 0 N–H and O–H groups in total. The molecule has 0 saturated carbocycles. The number of benzene rings is 2. The monoisotopic (exact) mass is 384 g/mol. The molecule has 0 aliphatic heterocycles. The fourth-order valence-corrected chi connectivity index (χ4v) is 2.36. The lowest BCUT2D eigenvalue weighted by molar-refractivity contribution is -0.136. The first-order valence-corrected chi connectivity index (χ1v) is 8.13. The highest BCUT2D eigenvalue weighted by atomic mass is 19.1. The number of carbonyl (C=O) groups excluding carboxylic acids is 2. The van der Waals surface area contributed by atoms with E-state index in [1.165, 1.54) is 6.08 Å². The van der Waals surface area contributed by atoms with E-state index in [-0.39, 0.29) is 5.70 Å². The summed E-state index contributed by atoms with van der Waals surface area (Å²) in [5, 5.41) is 10.9. The molecular weight excluding hydrogens is 370 g/mol. The zero-order chi connectivity index (χ0) is 20.1. The maximum Gasteiger partial charge on any atom is 0.357 e. The lowest BCUT2D eigenvalue weighted by Gasteiger charge is -2.09. The number of hydrogen-bond acceptors (Lipinski definition) is 6. The summed E-state index contributed by atoms with van der Waals surface area (Å²) in [6.45, 7) is 0.811. The molecular formula is C19H14F2N4O3. The Kier molecular flexibility index (Phi) is 5.64. The van der Waals surface area contributed by atoms with Gasteiger partial charge in [0.1, 0.15) is 11.6 Å². The van der Waals surface area contributed by atoms with Crippen LogP contribution in [0.2, 0.25) is 0 Å². The summed E-state index contributed by atoms with van der Waals surface area (Å²) >= 11 is 0. The van der Waals surface area contributed by atoms with Crippen LogP contribution >= 0.6 is 0 Å². The summed E-state index contributed by atoms with van der Waals surface area (Å²) in [7, 11) is 0. The second kappa shape index (κ2) is 8.30. The van der Waals surface area contributed by atoms with Crippen molar-refractivity contribution in [2.45, 2.75) is 6.92 Å². The van der Waals surface area contributed by atoms with Gasteiger partial charge in [-0.25, -0.2) is 13.6 Å². The van der Waals surface area contributed by atoms with Crippen molar-refractivity contribution in [3.8, 4) is 0 Å². The molecule has 28 heavy (non-hydrogen) atoms. The van der Waals surface area contributed by atoms with Gasteiger partial charge in [0.25, 0.3) is 0 Å². The number of nitrogens with zero attached hydrogens (tertiary/aromatic N) is 4. The minimum atomic E-state index is -0.904. The molecule has 0 saturated heterocycles. The van der Waals surface area contributed by atoms with Crippen molar-refractivity contribution in [2.75, 3.05) is 6.61 Å². The zero-order valence-electron chi connectivity index (χ0n) is 14.7. The van der Waals surface area contributed by atoms with Gasteiger partial charge in [-0.1, -0.05) is 30.3 Å². The Labute approximate surface area is 158 Å². The van der Waals surface area contributed by atoms with Gasteiger partial charge in [-0.05, 0) is 47.2 Å². The summed E-state index contributed by atoms with van der Waals surface area (Å²) in [6, 6.07) is 11.3. The smallest absolute Gasteiger partial charge is 0.357 e. The first kappa shape index (κ1) is 19.0. The minimum Gasteiger partial charge on any atom is -0.453 e. The first-order valence-electron chi connectivity index (χ1n) is 8.13. The van der Waals surface area contributed by atoms with Gasteiger partial charge in [-0.2, -0.15) is 4.68 Å². The summed E-state index contributed by atoms with van der Waals surface area (Å²) in [4.78, 5) is 24.7. The van der Waals surface area contributed by atoms with E-state index in [4.69, 9.17) is 4.74 Å². The van der Waals surface area contributed by atoms with Gasteiger partial charge in [0.05, 0.1) is 5.56 Å². The van der Waals surface area contributed by atoms with Crippen molar-refractivity contribution in [1.82, 2.24) is 20.2 Å². The molecule has 0 aliphatic carbocycles. The van der Waals surface area contributed by atoms with Crippen molar-refractivity contribution < 1.29 is 23.1 Å². The molecule has 0 spiro atoms. The van der Waals surface area contributed by atoms with Gasteiger partial charge in [0.15, 0.2) is 18.1 Å². The van der Waals surface area contributed by atoms with E-state index in [1.54, 1.807) is 31.2 Å². The van der Waals surface area contributed by atoms with Crippen LogP contribution in [-0.2, 0) is 9.53 Å². The Balaban J connectivity index is 1.82. The third-order valence-corrected chi connectivity index (χ3v) is 3.73. The number of carbonyl (C=O) groups is 2. The van der Waals surface area contributed by atoms with E-state index in [9.17, 15) is 18.4 Å². The molecule has 0 radical (unpaired) electrons. The van der Waals surface area contributed by atoms with E-state index in [0.29, 0.717) is 11.4 Å². The predicted molar refractivity (Wildman–Crippen MR) is 94.8 cm³/mol. The second-order valence-corrected chi connectivity index (χ2v) is 5.70. The molecule has 0 amide bonds. The predicted octanol–water partition coefficient (Wildman–Crippen LogP) is 2.68. The van der Waals surface area contributed by atoms with Gasteiger partial charge >= 0.3 is 5.97 Å². The van der Waals surface area contributed by atoms with Gasteiger partial charge in [-0.3, -0.25) is 4.79 Å². The number of hydrogen-bond donors (Lipinski definition) is 0. The van der Waals surface area contributed by atoms with Crippen LogP contribution in [0.4, 0.5) is 8.78 Å². The van der Waals surface area contributed by atoms with Gasteiger partial charge < -0.3 is 4.74 Å². The fraction of sp³-hybridized carbons (Fsp3) is 0.105. The third kappa shape index (κ3) is 4.32. The number of tetrazole rings is 1. The number of ether oxygens (including phenoxy) is 1. The van der Waals surface area contributed by atoms with Crippen LogP contribution in [0.1, 0.15) is 21.7 Å². The molecule has 1 heterocycles. The Morgan fingerprint density at radius 1 is 1.14 bits per heavy atom. The van der Waals surface area contributed by atoms with Crippen LogP contribution in [0.3, 0.4) is 0 Å². The van der Waals surface area contributed by atoms with Crippen LogP contribution in [0, 0.1) is 18.6 Å². The average molecular weight is 384 g/mol. The third-order valence-electron chi connectivity index (χ3n) is 3.73. The molecule has 0 aliphatic rings. The van der Waals surface area contributed by atoms with Gasteiger partial charge in [-0.15, -0.1) is 5.10 Å². The normalized spacial score (nSPS) is 11.3. The van der Waals surface area contributed by atoms with Crippen LogP contribution in [0.15, 0.2) is 48.5 Å². The van der Waals surface area contributed by atoms with Gasteiger partial charge in [0, 0.05) is 0 Å². The quantitative estimate of drug-likeness (QED) is 0.369. The molecule has 1 aromatic heterocycles. The molecule has 3 aromatic rings. The van der Waals surface area contributed by atoms with Crippen molar-refractivity contribution >= 4 is 23.5 Å². The standard InChI is InChI=1S/C19H14F2N4O3/c1-12-22-23-24-25(12)17(9-13-5-3-2-4-6-13)19(27)28-11-18(26)15-10-14(20)7-8-16(15)21/h2-10H,11H2,1H3/b17-9-. The number of aryl methyl sites for hydroxylation is 1. The number of esters is 1. The van der Waals surface area contributed by atoms with E-state index in [2.05, 4.69) is 15.5 Å². The summed E-state index contributed by atoms with van der Waals surface area (Å²) in [5.74, 6) is -3.13. The lowest BCUT2D eigenvalue weighted by atomic mass is 10.1. The Morgan fingerprint density at radius 2 is 1.89 bits per heavy atom. The van der Waals surface area contributed by atoms with E-state index in [0.717, 1.165) is 22.9 Å². The van der Waals surface area contributed by atoms with Crippen LogP contribution in [0.25, 0.3) is 11.8 Å². The molecule has 0 atom stereocenters. The van der Waals surface area contributed by atoms with Crippen molar-refractivity contribution in [3.05, 3.63) is 77.1 Å². The SMILES string of the molecule is Cc1nnnn1/C(=C\c1ccccc1)C(=O)OCC(=O)c1cc(F)ccc1F. The average Bonchev–Trinajstić information content (AvgIpc) is 3.12. The fourth-order valence-electron chi connectivity index (χ4n) is 2.36. The topological polar surface area (TPSA) is 87.0 Å². The largest absolute Gasteiger partial charge is 0.453 e. The molecule has 3 rings (SSSR count). The number of Topliss-reactive ketones (excluding diaryl/α,β-unsaturated/α-hetero) is 1. The highest BCUT2D eigenvalue weighted by Crippen LogP contribution is 2.15. The number of halogens is 2. The second-order valence-electron chi connectivity index (χ2n) is 5.70. The molecule has 142 valence electrons. The Morgan fingerprint density at radius 3 is 2.57 bits per heavy atom. The lowest BCUT2D eigenvalue weighted by Crippen LogP contribution is -2.19. The summed E-state index contributed by atoms with van der Waals surface area (Å²) < 4.78 is 33.1. The Bertz CT molecular complexity index is 1050. The van der Waals surface area contributed by atoms with Crippen LogP contribution in [0.5, 0.6) is 0 Å². The number of aromatic nitrogens is 4. The molecule has 9 heteroatoms. The highest BCUT2D eigenvalue weighted by Gasteiger charge is 2.20. The van der Waals surface area contributed by atoms with Crippen molar-refractivity contribution in [1.29, 1.82) is 0 Å². The first-order chi connectivity index (χ1) is 13.5. The van der Waals surface area contributed by atoms with E-state index < -0.39 is 35.6 Å². The van der Waals surface area contributed by atoms with Crippen molar-refractivity contribution in [2.24, 2.45) is 0 Å². The van der Waals surface area contributed by atoms with Crippen LogP contribution < -0.4 is 0 Å². The zero-order valence-corrected chi connectivity index (χ0v) is 14.7. The Hall–Kier alpha value is -3.75. The maximum atomic E-state index is 13.7. The summed E-state index contributed by atoms with van der Waals surface area (Å²) in [5.41, 5.74) is 0.132. The highest BCUT2D eigenvalue weighted by molar-refractivity contribution is 6.16. The molecule has 7 nitrogen and oxygen atoms in total. The molecule has 0 unspecified atom stereocenters. The molecule has 2 aromatic carbocycles. The summed E-state index contributed by atoms with van der Waals surface area (Å²) in [6.07, 6.45) is 1.49. The molecule has 0 fully saturated rings. The van der Waals surface area contributed by atoms with E-state index in [1.807, 2.05) is 6.07 Å². The number of ketones is 1. The maximum absolute atomic E-state index is 13.7. The van der Waals surface area contributed by atoms with E-state index >= 15 is 0 Å². The minimum absolute atomic E-state index is 0.0405. The number of rotatable bonds is 6. The van der Waals surface area contributed by atoms with Crippen molar-refractivity contribution in [3.63, 3.8) is 0 Å². The van der Waals surface area contributed by atoms with Gasteiger partial charge in [0.2, 0.25) is 5.78 Å². The molecule has 0 bridgehead atoms.